The minimum Gasteiger partial charge on any atom is -0.618 e. The van der Waals surface area contributed by atoms with Crippen molar-refractivity contribution < 1.29 is 4.73 Å². The lowest BCUT2D eigenvalue weighted by atomic mass is 10.3. The number of nitrogens with zero attached hydrogens (tertiary/aromatic N) is 1. The quantitative estimate of drug-likeness (QED) is 0.464. The van der Waals surface area contributed by atoms with Crippen LogP contribution in [0.15, 0.2) is 16.6 Å². The Morgan fingerprint density at radius 2 is 2.00 bits per heavy atom. The Morgan fingerprint density at radius 1 is 1.40 bits per heavy atom. The Morgan fingerprint density at radius 3 is 2.50 bits per heavy atom. The summed E-state index contributed by atoms with van der Waals surface area (Å²) >= 11 is 3.26. The number of aromatic nitrogens is 1. The summed E-state index contributed by atoms with van der Waals surface area (Å²) < 4.78 is 1.76. The number of hydrogen-bond donors (Lipinski definition) is 0. The highest BCUT2D eigenvalue weighted by Gasteiger charge is 2.05. The molecule has 2 nitrogen and oxygen atoms in total. The lowest BCUT2D eigenvalue weighted by molar-refractivity contribution is -0.619. The van der Waals surface area contributed by atoms with Gasteiger partial charge in [-0.05, 0) is 22.0 Å². The lowest BCUT2D eigenvalue weighted by Gasteiger charge is -2.03. The van der Waals surface area contributed by atoms with Crippen molar-refractivity contribution in [2.24, 2.45) is 0 Å². The Hall–Kier alpha value is -0.570. The highest BCUT2D eigenvalue weighted by molar-refractivity contribution is 9.10. The summed E-state index contributed by atoms with van der Waals surface area (Å²) in [6, 6.07) is 3.66. The molecule has 54 valence electrons. The molecule has 0 saturated heterocycles. The fourth-order valence-corrected chi connectivity index (χ4v) is 1.04. The first-order chi connectivity index (χ1) is 4.63. The summed E-state index contributed by atoms with van der Waals surface area (Å²) in [5, 5.41) is 11.1. The zero-order valence-electron chi connectivity index (χ0n) is 5.89. The van der Waals surface area contributed by atoms with Gasteiger partial charge in [0.15, 0.2) is 5.69 Å². The van der Waals surface area contributed by atoms with Crippen molar-refractivity contribution in [1.29, 1.82) is 0 Å². The lowest BCUT2D eigenvalue weighted by Crippen LogP contribution is -2.33. The van der Waals surface area contributed by atoms with Gasteiger partial charge in [0, 0.05) is 19.9 Å². The number of rotatable bonds is 0. The van der Waals surface area contributed by atoms with Crippen LogP contribution in [0, 0.1) is 19.1 Å². The van der Waals surface area contributed by atoms with E-state index in [2.05, 4.69) is 15.9 Å². The van der Waals surface area contributed by atoms with E-state index in [9.17, 15) is 5.21 Å². The molecule has 0 aromatic carbocycles. The second-order valence-electron chi connectivity index (χ2n) is 2.20. The molecule has 0 fully saturated rings. The third-order valence-electron chi connectivity index (χ3n) is 1.44. The predicted octanol–water partition coefficient (Wildman–Crippen LogP) is 1.70. The molecule has 0 spiro atoms. The molecule has 0 unspecified atom stereocenters. The smallest absolute Gasteiger partial charge is 0.204 e. The van der Waals surface area contributed by atoms with Crippen LogP contribution in [0.3, 0.4) is 0 Å². The Kier molecular flexibility index (Phi) is 1.94. The van der Waals surface area contributed by atoms with Crippen LogP contribution in [0.5, 0.6) is 0 Å². The normalized spacial score (nSPS) is 9.90. The first kappa shape index (κ1) is 7.54. The van der Waals surface area contributed by atoms with Crippen LogP contribution in [-0.4, -0.2) is 0 Å². The molecule has 1 aromatic heterocycles. The van der Waals surface area contributed by atoms with Crippen molar-refractivity contribution in [2.45, 2.75) is 13.8 Å². The molecule has 0 atom stereocenters. The molecular weight excluding hydrogens is 194 g/mol. The standard InChI is InChI=1S/C7H8BrNO/c1-5-3-4-7(8)6(2)9(5)10/h3-4H,1-2H3. The molecule has 0 aliphatic rings. The monoisotopic (exact) mass is 201 g/mol. The van der Waals surface area contributed by atoms with E-state index in [1.807, 2.05) is 6.07 Å². The van der Waals surface area contributed by atoms with Gasteiger partial charge in [-0.15, -0.1) is 0 Å². The maximum absolute atomic E-state index is 11.1. The Bertz CT molecular complexity index is 233. The van der Waals surface area contributed by atoms with Crippen LogP contribution < -0.4 is 4.73 Å². The molecule has 3 heteroatoms. The van der Waals surface area contributed by atoms with Crippen molar-refractivity contribution in [3.63, 3.8) is 0 Å². The van der Waals surface area contributed by atoms with Gasteiger partial charge in [0.1, 0.15) is 0 Å². The minimum absolute atomic E-state index is 0.708. The first-order valence-electron chi connectivity index (χ1n) is 2.98. The molecule has 0 N–H and O–H groups in total. The molecular formula is C7H8BrNO. The van der Waals surface area contributed by atoms with E-state index in [0.29, 0.717) is 5.69 Å². The van der Waals surface area contributed by atoms with Crippen molar-refractivity contribution >= 4 is 15.9 Å². The van der Waals surface area contributed by atoms with Crippen LogP contribution in [0.25, 0.3) is 0 Å². The minimum atomic E-state index is 0.708. The number of hydrogen-bond acceptors (Lipinski definition) is 1. The molecule has 0 amide bonds. The fourth-order valence-electron chi connectivity index (χ4n) is 0.744. The maximum Gasteiger partial charge on any atom is 0.204 e. The Balaban J connectivity index is 3.34. The fraction of sp³-hybridized carbons (Fsp3) is 0.286. The van der Waals surface area contributed by atoms with E-state index in [-0.39, 0.29) is 0 Å². The molecule has 0 radical (unpaired) electrons. The molecule has 1 rings (SSSR count). The predicted molar refractivity (Wildman–Crippen MR) is 42.6 cm³/mol. The van der Waals surface area contributed by atoms with Gasteiger partial charge < -0.3 is 5.21 Å². The average Bonchev–Trinajstić information content (AvgIpc) is 1.93. The largest absolute Gasteiger partial charge is 0.618 e. The molecule has 0 saturated carbocycles. The van der Waals surface area contributed by atoms with E-state index < -0.39 is 0 Å². The number of aryl methyl sites for hydroxylation is 1. The molecule has 10 heavy (non-hydrogen) atoms. The van der Waals surface area contributed by atoms with Crippen LogP contribution in [0.2, 0.25) is 0 Å². The maximum atomic E-state index is 11.1. The van der Waals surface area contributed by atoms with E-state index in [1.165, 1.54) is 0 Å². The van der Waals surface area contributed by atoms with E-state index in [0.717, 1.165) is 14.9 Å². The van der Waals surface area contributed by atoms with Gasteiger partial charge in [0.2, 0.25) is 5.69 Å². The highest BCUT2D eigenvalue weighted by Crippen LogP contribution is 2.11. The van der Waals surface area contributed by atoms with Crippen LogP contribution in [-0.2, 0) is 0 Å². The van der Waals surface area contributed by atoms with E-state index in [4.69, 9.17) is 0 Å². The Labute approximate surface area is 68.2 Å². The molecule has 1 heterocycles. The van der Waals surface area contributed by atoms with Crippen molar-refractivity contribution in [2.75, 3.05) is 0 Å². The second kappa shape index (κ2) is 2.58. The molecule has 1 aromatic rings. The SMILES string of the molecule is Cc1ccc(Br)c(C)[n+]1[O-]. The van der Waals surface area contributed by atoms with Gasteiger partial charge in [-0.2, -0.15) is 4.73 Å². The van der Waals surface area contributed by atoms with Gasteiger partial charge in [-0.1, -0.05) is 0 Å². The topological polar surface area (TPSA) is 26.9 Å². The number of halogens is 1. The summed E-state index contributed by atoms with van der Waals surface area (Å²) in [5.74, 6) is 0. The van der Waals surface area contributed by atoms with Crippen molar-refractivity contribution in [3.8, 4) is 0 Å². The van der Waals surface area contributed by atoms with Gasteiger partial charge in [-0.25, -0.2) is 0 Å². The summed E-state index contributed by atoms with van der Waals surface area (Å²) in [7, 11) is 0. The summed E-state index contributed by atoms with van der Waals surface area (Å²) in [5.41, 5.74) is 1.43. The van der Waals surface area contributed by atoms with Gasteiger partial charge in [0.25, 0.3) is 0 Å². The summed E-state index contributed by atoms with van der Waals surface area (Å²) in [6.45, 7) is 3.57. The number of pyridine rings is 1. The van der Waals surface area contributed by atoms with Crippen molar-refractivity contribution in [3.05, 3.63) is 33.2 Å². The molecule has 0 aliphatic carbocycles. The third kappa shape index (κ3) is 1.14. The van der Waals surface area contributed by atoms with Crippen LogP contribution in [0.1, 0.15) is 11.4 Å². The van der Waals surface area contributed by atoms with E-state index in [1.54, 1.807) is 19.9 Å². The van der Waals surface area contributed by atoms with Crippen LogP contribution in [0.4, 0.5) is 0 Å². The second-order valence-corrected chi connectivity index (χ2v) is 3.06. The van der Waals surface area contributed by atoms with Gasteiger partial charge in [0.05, 0.1) is 4.47 Å². The van der Waals surface area contributed by atoms with Crippen LogP contribution >= 0.6 is 15.9 Å². The van der Waals surface area contributed by atoms with Gasteiger partial charge >= 0.3 is 0 Å². The molecule has 0 aliphatic heterocycles. The van der Waals surface area contributed by atoms with Crippen molar-refractivity contribution in [1.82, 2.24) is 0 Å². The zero-order chi connectivity index (χ0) is 7.72. The van der Waals surface area contributed by atoms with Gasteiger partial charge in [-0.3, -0.25) is 0 Å². The average molecular weight is 202 g/mol. The summed E-state index contributed by atoms with van der Waals surface area (Å²) in [6.07, 6.45) is 0. The third-order valence-corrected chi connectivity index (χ3v) is 2.28. The zero-order valence-corrected chi connectivity index (χ0v) is 7.47. The van der Waals surface area contributed by atoms with E-state index >= 15 is 0 Å². The highest BCUT2D eigenvalue weighted by atomic mass is 79.9. The summed E-state index contributed by atoms with van der Waals surface area (Å²) in [4.78, 5) is 0. The first-order valence-corrected chi connectivity index (χ1v) is 3.77. The molecule has 0 bridgehead atoms.